The average Bonchev–Trinajstić information content (AvgIpc) is 2.16. The number of nitrogens with two attached hydrogens (primary N) is 1. The van der Waals surface area contributed by atoms with Crippen molar-refractivity contribution in [1.29, 1.82) is 0 Å². The van der Waals surface area contributed by atoms with Gasteiger partial charge in [0.1, 0.15) is 0 Å². The second-order valence-corrected chi connectivity index (χ2v) is 3.37. The first kappa shape index (κ1) is 10.9. The third-order valence-electron chi connectivity index (χ3n) is 1.51. The quantitative estimate of drug-likeness (QED) is 0.356. The Hall–Kier alpha value is -1.19. The van der Waals surface area contributed by atoms with Gasteiger partial charge in [-0.15, -0.1) is 0 Å². The Kier molecular flexibility index (Phi) is 3.80. The second kappa shape index (κ2) is 4.88. The number of amidine groups is 1. The molecule has 0 heterocycles. The number of hydrogen-bond acceptors (Lipinski definition) is 2. The van der Waals surface area contributed by atoms with Crippen LogP contribution in [0.2, 0.25) is 10.0 Å². The molecule has 0 aliphatic carbocycles. The Labute approximate surface area is 91.4 Å². The minimum Gasteiger partial charge on any atom is -0.409 e. The number of oxime groups is 1. The van der Waals surface area contributed by atoms with Crippen LogP contribution in [-0.4, -0.2) is 11.0 Å². The van der Waals surface area contributed by atoms with Crippen LogP contribution in [0.25, 0.3) is 6.08 Å². The van der Waals surface area contributed by atoms with Crippen LogP contribution in [0.4, 0.5) is 0 Å². The lowest BCUT2D eigenvalue weighted by Gasteiger charge is -1.97. The summed E-state index contributed by atoms with van der Waals surface area (Å²) in [6.07, 6.45) is 3.07. The van der Waals surface area contributed by atoms with Crippen molar-refractivity contribution in [3.63, 3.8) is 0 Å². The Morgan fingerprint density at radius 2 is 2.14 bits per heavy atom. The number of hydrogen-bond donors (Lipinski definition) is 2. The summed E-state index contributed by atoms with van der Waals surface area (Å²) in [4.78, 5) is 0. The molecule has 0 bridgehead atoms. The van der Waals surface area contributed by atoms with Crippen LogP contribution in [0.1, 0.15) is 5.56 Å². The number of rotatable bonds is 2. The first-order valence-electron chi connectivity index (χ1n) is 3.74. The van der Waals surface area contributed by atoms with E-state index < -0.39 is 0 Å². The topological polar surface area (TPSA) is 58.6 Å². The summed E-state index contributed by atoms with van der Waals surface area (Å²) in [7, 11) is 0. The maximum Gasteiger partial charge on any atom is 0.162 e. The Bertz CT molecular complexity index is 388. The minimum atomic E-state index is 0.0102. The number of halogens is 2. The average molecular weight is 231 g/mol. The molecule has 1 aromatic carbocycles. The lowest BCUT2D eigenvalue weighted by Crippen LogP contribution is -2.06. The van der Waals surface area contributed by atoms with Crippen molar-refractivity contribution in [3.8, 4) is 0 Å². The fourth-order valence-corrected chi connectivity index (χ4v) is 1.32. The van der Waals surface area contributed by atoms with Crippen LogP contribution in [0.3, 0.4) is 0 Å². The molecule has 0 unspecified atom stereocenters. The van der Waals surface area contributed by atoms with Crippen molar-refractivity contribution in [3.05, 3.63) is 39.9 Å². The fraction of sp³-hybridized carbons (Fsp3) is 0. The van der Waals surface area contributed by atoms with Crippen molar-refractivity contribution in [1.82, 2.24) is 0 Å². The van der Waals surface area contributed by atoms with E-state index in [1.165, 1.54) is 6.08 Å². The predicted octanol–water partition coefficient (Wildman–Crippen LogP) is 2.75. The first-order valence-corrected chi connectivity index (χ1v) is 4.49. The Morgan fingerprint density at radius 3 is 2.71 bits per heavy atom. The third kappa shape index (κ3) is 2.94. The molecule has 0 aromatic heterocycles. The highest BCUT2D eigenvalue weighted by Crippen LogP contribution is 2.21. The zero-order valence-corrected chi connectivity index (χ0v) is 8.63. The van der Waals surface area contributed by atoms with Gasteiger partial charge in [0.2, 0.25) is 0 Å². The van der Waals surface area contributed by atoms with Gasteiger partial charge in [-0.05, 0) is 29.8 Å². The molecule has 0 spiro atoms. The van der Waals surface area contributed by atoms with Crippen LogP contribution < -0.4 is 5.73 Å². The summed E-state index contributed by atoms with van der Waals surface area (Å²) in [5.74, 6) is 0.0102. The van der Waals surface area contributed by atoms with Crippen molar-refractivity contribution < 1.29 is 5.21 Å². The second-order valence-electron chi connectivity index (χ2n) is 2.52. The van der Waals surface area contributed by atoms with Gasteiger partial charge in [-0.1, -0.05) is 34.4 Å². The highest BCUT2D eigenvalue weighted by Gasteiger charge is 1.97. The summed E-state index contributed by atoms with van der Waals surface area (Å²) < 4.78 is 0. The van der Waals surface area contributed by atoms with Crippen LogP contribution in [0.15, 0.2) is 29.4 Å². The predicted molar refractivity (Wildman–Crippen MR) is 58.9 cm³/mol. The zero-order valence-electron chi connectivity index (χ0n) is 7.11. The van der Waals surface area contributed by atoms with E-state index in [2.05, 4.69) is 5.16 Å². The van der Waals surface area contributed by atoms with Gasteiger partial charge >= 0.3 is 0 Å². The molecule has 5 heteroatoms. The summed E-state index contributed by atoms with van der Waals surface area (Å²) >= 11 is 11.6. The molecule has 1 rings (SSSR count). The number of nitrogens with zero attached hydrogens (tertiary/aromatic N) is 1. The summed E-state index contributed by atoms with van der Waals surface area (Å²) in [6, 6.07) is 5.07. The maximum atomic E-state index is 8.28. The lowest BCUT2D eigenvalue weighted by atomic mass is 10.2. The molecule has 3 nitrogen and oxygen atoms in total. The molecule has 3 N–H and O–H groups in total. The number of benzene rings is 1. The molecule has 0 fully saturated rings. The van der Waals surface area contributed by atoms with E-state index in [9.17, 15) is 0 Å². The van der Waals surface area contributed by atoms with Gasteiger partial charge in [0.25, 0.3) is 0 Å². The van der Waals surface area contributed by atoms with Crippen molar-refractivity contribution in [2.24, 2.45) is 10.9 Å². The smallest absolute Gasteiger partial charge is 0.162 e. The summed E-state index contributed by atoms with van der Waals surface area (Å²) in [6.45, 7) is 0. The highest BCUT2D eigenvalue weighted by molar-refractivity contribution is 6.35. The molecule has 0 amide bonds. The Balaban J connectivity index is 2.93. The van der Waals surface area contributed by atoms with E-state index in [1.54, 1.807) is 24.3 Å². The van der Waals surface area contributed by atoms with E-state index in [1.807, 2.05) is 0 Å². The van der Waals surface area contributed by atoms with Gasteiger partial charge in [-0.3, -0.25) is 0 Å². The summed E-state index contributed by atoms with van der Waals surface area (Å²) in [5, 5.41) is 12.2. The molecule has 0 radical (unpaired) electrons. The first-order chi connectivity index (χ1) is 6.63. The summed E-state index contributed by atoms with van der Waals surface area (Å²) in [5.41, 5.74) is 6.00. The van der Waals surface area contributed by atoms with Crippen molar-refractivity contribution in [2.75, 3.05) is 0 Å². The normalized spacial score (nSPS) is 12.3. The maximum absolute atomic E-state index is 8.28. The molecule has 0 saturated heterocycles. The standard InChI is InChI=1S/C9H8Cl2N2O/c10-7-3-1-6(8(11)5-7)2-4-9(12)13-14/h1-5,14H,(H2,12,13)/b4-2+. The molecule has 74 valence electrons. The van der Waals surface area contributed by atoms with Crippen LogP contribution >= 0.6 is 23.2 Å². The molecule has 0 aliphatic heterocycles. The van der Waals surface area contributed by atoms with Gasteiger partial charge < -0.3 is 10.9 Å². The SMILES string of the molecule is NC(/C=C/c1ccc(Cl)cc1Cl)=N/O. The van der Waals surface area contributed by atoms with Crippen LogP contribution in [0.5, 0.6) is 0 Å². The van der Waals surface area contributed by atoms with E-state index in [-0.39, 0.29) is 5.84 Å². The zero-order chi connectivity index (χ0) is 10.6. The molecule has 1 aromatic rings. The van der Waals surface area contributed by atoms with E-state index >= 15 is 0 Å². The van der Waals surface area contributed by atoms with E-state index in [4.69, 9.17) is 34.1 Å². The third-order valence-corrected chi connectivity index (χ3v) is 2.07. The minimum absolute atomic E-state index is 0.0102. The highest BCUT2D eigenvalue weighted by atomic mass is 35.5. The van der Waals surface area contributed by atoms with Crippen molar-refractivity contribution in [2.45, 2.75) is 0 Å². The largest absolute Gasteiger partial charge is 0.409 e. The molecule has 0 atom stereocenters. The lowest BCUT2D eigenvalue weighted by molar-refractivity contribution is 0.319. The monoisotopic (exact) mass is 230 g/mol. The van der Waals surface area contributed by atoms with Gasteiger partial charge in [-0.25, -0.2) is 0 Å². The van der Waals surface area contributed by atoms with Gasteiger partial charge in [0, 0.05) is 10.0 Å². The van der Waals surface area contributed by atoms with Crippen molar-refractivity contribution >= 4 is 35.1 Å². The molecule has 14 heavy (non-hydrogen) atoms. The van der Waals surface area contributed by atoms with Crippen LogP contribution in [-0.2, 0) is 0 Å². The molecule has 0 saturated carbocycles. The van der Waals surface area contributed by atoms with E-state index in [0.717, 1.165) is 5.56 Å². The Morgan fingerprint density at radius 1 is 1.43 bits per heavy atom. The molecular formula is C9H8Cl2N2O. The molecule has 0 aliphatic rings. The van der Waals surface area contributed by atoms with Gasteiger partial charge in [0.05, 0.1) is 0 Å². The van der Waals surface area contributed by atoms with E-state index in [0.29, 0.717) is 10.0 Å². The van der Waals surface area contributed by atoms with Crippen LogP contribution in [0, 0.1) is 0 Å². The van der Waals surface area contributed by atoms with Gasteiger partial charge in [-0.2, -0.15) is 0 Å². The fourth-order valence-electron chi connectivity index (χ4n) is 0.845. The van der Waals surface area contributed by atoms with Gasteiger partial charge in [0.15, 0.2) is 5.84 Å². The molecular weight excluding hydrogens is 223 g/mol.